The Morgan fingerprint density at radius 1 is 1.59 bits per heavy atom. The van der Waals surface area contributed by atoms with Gasteiger partial charge in [0.05, 0.1) is 34.6 Å². The summed E-state index contributed by atoms with van der Waals surface area (Å²) in [6, 6.07) is 2.92. The molecule has 1 aliphatic carbocycles. The molecule has 2 aromatic rings. The first-order valence-electron chi connectivity index (χ1n) is 7.18. The monoisotopic (exact) mass is 306 g/mol. The van der Waals surface area contributed by atoms with Crippen LogP contribution in [-0.2, 0) is 0 Å². The molecule has 22 heavy (non-hydrogen) atoms. The molecule has 1 aliphatic rings. The number of nitrogens with one attached hydrogen (secondary N) is 1. The van der Waals surface area contributed by atoms with Gasteiger partial charge < -0.3 is 16.2 Å². The van der Waals surface area contributed by atoms with Crippen molar-refractivity contribution >= 4 is 17.1 Å². The minimum Gasteiger partial charge on any atom is -0.387 e. The summed E-state index contributed by atoms with van der Waals surface area (Å²) in [6.07, 6.45) is 3.88. The number of hydrogen-bond acceptors (Lipinski definition) is 4. The molecule has 1 saturated carbocycles. The molecule has 1 amide bonds. The Labute approximate surface area is 127 Å². The van der Waals surface area contributed by atoms with Gasteiger partial charge in [0.25, 0.3) is 5.91 Å². The summed E-state index contributed by atoms with van der Waals surface area (Å²) in [5, 5.41) is 17.4. The second-order valence-corrected chi connectivity index (χ2v) is 6.22. The van der Waals surface area contributed by atoms with Crippen molar-refractivity contribution in [1.29, 1.82) is 0 Å². The molecule has 7 heteroatoms. The molecule has 3 atom stereocenters. The molecule has 4 N–H and O–H groups in total. The Balaban J connectivity index is 2.05. The molecule has 2 heterocycles. The highest BCUT2D eigenvalue weighted by atomic mass is 19.1. The lowest BCUT2D eigenvalue weighted by molar-refractivity contribution is -0.0598. The fourth-order valence-electron chi connectivity index (χ4n) is 3.03. The molecule has 0 bridgehead atoms. The minimum atomic E-state index is -1.82. The highest BCUT2D eigenvalue weighted by Gasteiger charge is 2.55. The molecule has 3 rings (SSSR count). The van der Waals surface area contributed by atoms with Gasteiger partial charge in [0.1, 0.15) is 0 Å². The van der Waals surface area contributed by atoms with Gasteiger partial charge in [-0.3, -0.25) is 4.79 Å². The number of carbonyl (C=O) groups excluding carboxylic acids is 1. The Morgan fingerprint density at radius 2 is 2.32 bits per heavy atom. The predicted octanol–water partition coefficient (Wildman–Crippen LogP) is 1.49. The van der Waals surface area contributed by atoms with Crippen LogP contribution in [0.2, 0.25) is 0 Å². The van der Waals surface area contributed by atoms with Gasteiger partial charge in [-0.1, -0.05) is 0 Å². The quantitative estimate of drug-likeness (QED) is 0.801. The van der Waals surface area contributed by atoms with Gasteiger partial charge in [-0.05, 0) is 38.8 Å². The topological polar surface area (TPSA) is 92.6 Å². The molecule has 0 saturated heterocycles. The standard InChI is InChI=1S/C15H19FN4O2/c1-14(22)6-5-11(15(14,2)16)19-12-9(13(17)21)8-18-20-7-3-4-10(12)20/h3-4,7-8,11,19,22H,5-6H2,1-2H3,(H2,17,21)/t11-,14-,15+/m1/s1. The molecule has 0 unspecified atom stereocenters. The Morgan fingerprint density at radius 3 is 2.91 bits per heavy atom. The summed E-state index contributed by atoms with van der Waals surface area (Å²) in [5.74, 6) is -0.635. The van der Waals surface area contributed by atoms with E-state index >= 15 is 0 Å². The Bertz CT molecular complexity index is 738. The van der Waals surface area contributed by atoms with Gasteiger partial charge >= 0.3 is 0 Å². The lowest BCUT2D eigenvalue weighted by Gasteiger charge is -2.34. The van der Waals surface area contributed by atoms with Crippen molar-refractivity contribution in [2.24, 2.45) is 5.73 Å². The first kappa shape index (κ1) is 14.8. The van der Waals surface area contributed by atoms with Crippen molar-refractivity contribution in [3.63, 3.8) is 0 Å². The highest BCUT2D eigenvalue weighted by molar-refractivity contribution is 6.01. The number of primary amides is 1. The van der Waals surface area contributed by atoms with E-state index < -0.39 is 23.2 Å². The summed E-state index contributed by atoms with van der Waals surface area (Å²) in [7, 11) is 0. The number of hydrogen-bond donors (Lipinski definition) is 3. The van der Waals surface area contributed by atoms with E-state index in [4.69, 9.17) is 5.73 Å². The first-order chi connectivity index (χ1) is 10.2. The van der Waals surface area contributed by atoms with E-state index in [-0.39, 0.29) is 5.56 Å². The normalized spacial score (nSPS) is 31.5. The summed E-state index contributed by atoms with van der Waals surface area (Å²) in [4.78, 5) is 11.6. The van der Waals surface area contributed by atoms with Gasteiger partial charge in [-0.2, -0.15) is 5.10 Å². The number of alkyl halides is 1. The van der Waals surface area contributed by atoms with Crippen LogP contribution in [0.15, 0.2) is 24.5 Å². The number of amides is 1. The number of nitrogens with two attached hydrogens (primary N) is 1. The number of nitrogens with zero attached hydrogens (tertiary/aromatic N) is 2. The summed E-state index contributed by atoms with van der Waals surface area (Å²) >= 11 is 0. The summed E-state index contributed by atoms with van der Waals surface area (Å²) in [5.41, 5.74) is 3.44. The van der Waals surface area contributed by atoms with Crippen LogP contribution in [0.25, 0.3) is 5.52 Å². The maximum absolute atomic E-state index is 14.9. The number of anilines is 1. The van der Waals surface area contributed by atoms with E-state index in [1.54, 1.807) is 22.8 Å². The average Bonchev–Trinajstić information content (AvgIpc) is 2.97. The van der Waals surface area contributed by atoms with E-state index in [1.165, 1.54) is 20.0 Å². The third kappa shape index (κ3) is 2.04. The maximum Gasteiger partial charge on any atom is 0.252 e. The van der Waals surface area contributed by atoms with Crippen LogP contribution in [0.1, 0.15) is 37.0 Å². The smallest absolute Gasteiger partial charge is 0.252 e. The van der Waals surface area contributed by atoms with Crippen molar-refractivity contribution < 1.29 is 14.3 Å². The van der Waals surface area contributed by atoms with Gasteiger partial charge in [0, 0.05) is 6.20 Å². The molecule has 0 spiro atoms. The zero-order valence-electron chi connectivity index (χ0n) is 12.5. The summed E-state index contributed by atoms with van der Waals surface area (Å²) in [6.45, 7) is 2.86. The fourth-order valence-corrected chi connectivity index (χ4v) is 3.03. The lowest BCUT2D eigenvalue weighted by Crippen LogP contribution is -2.50. The molecule has 1 fully saturated rings. The van der Waals surface area contributed by atoms with Gasteiger partial charge in [0.15, 0.2) is 5.67 Å². The van der Waals surface area contributed by atoms with Crippen LogP contribution >= 0.6 is 0 Å². The molecule has 0 radical (unpaired) electrons. The Kier molecular flexibility index (Phi) is 3.14. The highest BCUT2D eigenvalue weighted by Crippen LogP contribution is 2.44. The van der Waals surface area contributed by atoms with Crippen LogP contribution in [-0.4, -0.2) is 37.9 Å². The zero-order chi connectivity index (χ0) is 16.1. The van der Waals surface area contributed by atoms with Gasteiger partial charge in [-0.25, -0.2) is 8.91 Å². The van der Waals surface area contributed by atoms with Crippen LogP contribution in [0.4, 0.5) is 10.1 Å². The number of carbonyl (C=O) groups is 1. The SMILES string of the molecule is C[C@]1(F)[C@H](Nc2c(C(N)=O)cnn3cccc23)CC[C@@]1(C)O. The third-order valence-corrected chi connectivity index (χ3v) is 4.78. The van der Waals surface area contributed by atoms with Crippen LogP contribution in [0.3, 0.4) is 0 Å². The third-order valence-electron chi connectivity index (χ3n) is 4.78. The minimum absolute atomic E-state index is 0.202. The predicted molar refractivity (Wildman–Crippen MR) is 80.5 cm³/mol. The largest absolute Gasteiger partial charge is 0.387 e. The van der Waals surface area contributed by atoms with E-state index in [0.717, 1.165) is 0 Å². The number of halogens is 1. The lowest BCUT2D eigenvalue weighted by atomic mass is 9.89. The van der Waals surface area contributed by atoms with Gasteiger partial charge in [0.2, 0.25) is 0 Å². The van der Waals surface area contributed by atoms with Crippen molar-refractivity contribution in [3.8, 4) is 0 Å². The van der Waals surface area contributed by atoms with Crippen molar-refractivity contribution in [3.05, 3.63) is 30.1 Å². The maximum atomic E-state index is 14.9. The molecule has 0 aliphatic heterocycles. The summed E-state index contributed by atoms with van der Waals surface area (Å²) < 4.78 is 16.5. The number of aliphatic hydroxyl groups is 1. The van der Waals surface area contributed by atoms with Crippen LogP contribution < -0.4 is 11.1 Å². The van der Waals surface area contributed by atoms with E-state index in [2.05, 4.69) is 10.4 Å². The number of aromatic nitrogens is 2. The van der Waals surface area contributed by atoms with E-state index in [0.29, 0.717) is 24.0 Å². The van der Waals surface area contributed by atoms with Gasteiger partial charge in [-0.15, -0.1) is 0 Å². The van der Waals surface area contributed by atoms with Crippen molar-refractivity contribution in [1.82, 2.24) is 9.61 Å². The Hall–Kier alpha value is -2.15. The molecule has 2 aromatic heterocycles. The first-order valence-corrected chi connectivity index (χ1v) is 7.18. The molecule has 6 nitrogen and oxygen atoms in total. The van der Waals surface area contributed by atoms with E-state index in [9.17, 15) is 14.3 Å². The molecule has 0 aromatic carbocycles. The van der Waals surface area contributed by atoms with Crippen LogP contribution in [0.5, 0.6) is 0 Å². The van der Waals surface area contributed by atoms with Crippen LogP contribution in [0, 0.1) is 0 Å². The average molecular weight is 306 g/mol. The molecule has 118 valence electrons. The van der Waals surface area contributed by atoms with Crippen molar-refractivity contribution in [2.45, 2.75) is 44.0 Å². The van der Waals surface area contributed by atoms with E-state index in [1.807, 2.05) is 0 Å². The van der Waals surface area contributed by atoms with Crippen molar-refractivity contribution in [2.75, 3.05) is 5.32 Å². The zero-order valence-corrected chi connectivity index (χ0v) is 12.5. The number of rotatable bonds is 3. The fraction of sp³-hybridized carbons (Fsp3) is 0.467. The number of fused-ring (bicyclic) bond motifs is 1. The second-order valence-electron chi connectivity index (χ2n) is 6.22. The molecular formula is C15H19FN4O2. The second kappa shape index (κ2) is 4.67. The molecular weight excluding hydrogens is 287 g/mol.